The maximum Gasteiger partial charge on any atom is 0.268 e. The molecule has 6 heteroatoms. The Labute approximate surface area is 130 Å². The Morgan fingerprint density at radius 3 is 2.71 bits per heavy atom. The molecule has 0 aliphatic rings. The van der Waals surface area contributed by atoms with Crippen molar-refractivity contribution in [3.8, 4) is 5.75 Å². The number of carbonyl (C=O) groups excluding carboxylic acids is 1. The Balaban J connectivity index is 2.14. The molecule has 1 aromatic carbocycles. The molecule has 0 fully saturated rings. The summed E-state index contributed by atoms with van der Waals surface area (Å²) < 4.78 is 5.99. The first kappa shape index (κ1) is 15.3. The van der Waals surface area contributed by atoms with E-state index < -0.39 is 0 Å². The molecule has 1 aromatic heterocycles. The fourth-order valence-corrected chi connectivity index (χ4v) is 2.45. The first-order chi connectivity index (χ1) is 10.0. The van der Waals surface area contributed by atoms with Gasteiger partial charge in [-0.3, -0.25) is 9.59 Å². The van der Waals surface area contributed by atoms with Crippen LogP contribution in [0.15, 0.2) is 45.7 Å². The molecule has 0 saturated heterocycles. The summed E-state index contributed by atoms with van der Waals surface area (Å²) in [4.78, 5) is 25.8. The first-order valence-corrected chi connectivity index (χ1v) is 7.14. The van der Waals surface area contributed by atoms with Gasteiger partial charge in [-0.25, -0.2) is 0 Å². The summed E-state index contributed by atoms with van der Waals surface area (Å²) in [5.74, 6) is 0.400. The predicted molar refractivity (Wildman–Crippen MR) is 83.6 cm³/mol. The number of benzene rings is 1. The van der Waals surface area contributed by atoms with Crippen LogP contribution in [-0.4, -0.2) is 18.0 Å². The van der Waals surface area contributed by atoms with Gasteiger partial charge in [0, 0.05) is 6.07 Å². The van der Waals surface area contributed by atoms with E-state index in [2.05, 4.69) is 26.2 Å². The molecule has 2 rings (SSSR count). The Morgan fingerprint density at radius 2 is 2.10 bits per heavy atom. The summed E-state index contributed by atoms with van der Waals surface area (Å²) in [6.07, 6.45) is 0. The van der Waals surface area contributed by atoms with Gasteiger partial charge >= 0.3 is 0 Å². The van der Waals surface area contributed by atoms with E-state index in [9.17, 15) is 9.59 Å². The third kappa shape index (κ3) is 3.72. The zero-order valence-electron chi connectivity index (χ0n) is 11.6. The number of aromatic amines is 1. The Kier molecular flexibility index (Phi) is 4.80. The summed E-state index contributed by atoms with van der Waals surface area (Å²) in [5.41, 5.74) is 0.860. The van der Waals surface area contributed by atoms with Crippen molar-refractivity contribution in [1.29, 1.82) is 0 Å². The van der Waals surface area contributed by atoms with Crippen LogP contribution in [0.3, 0.4) is 0 Å². The zero-order chi connectivity index (χ0) is 15.4. The molecular weight excluding hydrogens is 336 g/mol. The van der Waals surface area contributed by atoms with Gasteiger partial charge in [0.2, 0.25) is 5.56 Å². The number of ether oxygens (including phenoxy) is 1. The van der Waals surface area contributed by atoms with E-state index in [1.165, 1.54) is 6.07 Å². The normalized spacial score (nSPS) is 11.8. The third-order valence-corrected chi connectivity index (χ3v) is 3.66. The topological polar surface area (TPSA) is 71.2 Å². The molecular formula is C15H15BrN2O3. The lowest BCUT2D eigenvalue weighted by Gasteiger charge is -2.15. The van der Waals surface area contributed by atoms with Gasteiger partial charge in [0.05, 0.1) is 17.6 Å². The number of aromatic nitrogens is 1. The number of carbonyl (C=O) groups is 1. The molecule has 0 spiro atoms. The number of hydrogen-bond donors (Lipinski definition) is 2. The van der Waals surface area contributed by atoms with E-state index in [0.29, 0.717) is 0 Å². The molecule has 0 aliphatic heterocycles. The number of H-pyrrole nitrogens is 1. The molecule has 2 aromatic rings. The quantitative estimate of drug-likeness (QED) is 0.890. The van der Waals surface area contributed by atoms with Gasteiger partial charge in [-0.1, -0.05) is 12.1 Å². The number of halogens is 1. The van der Waals surface area contributed by atoms with Gasteiger partial charge < -0.3 is 15.0 Å². The van der Waals surface area contributed by atoms with Gasteiger partial charge in [0.25, 0.3) is 5.91 Å². The molecule has 1 unspecified atom stereocenters. The van der Waals surface area contributed by atoms with Crippen molar-refractivity contribution >= 4 is 21.8 Å². The first-order valence-electron chi connectivity index (χ1n) is 6.35. The molecule has 0 radical (unpaired) electrons. The van der Waals surface area contributed by atoms with Crippen molar-refractivity contribution < 1.29 is 9.53 Å². The standard InChI is InChI=1S/C15H15BrN2O3/c1-9(10-6-7-13(21-2)11(16)8-10)17-15(20)12-4-3-5-14(19)18-12/h3-9H,1-2H3,(H,17,20)(H,18,19). The second-order valence-corrected chi connectivity index (χ2v) is 5.37. The van der Waals surface area contributed by atoms with Gasteiger partial charge in [-0.15, -0.1) is 0 Å². The van der Waals surface area contributed by atoms with E-state index in [1.807, 2.05) is 25.1 Å². The van der Waals surface area contributed by atoms with Crippen molar-refractivity contribution in [3.63, 3.8) is 0 Å². The summed E-state index contributed by atoms with van der Waals surface area (Å²) in [6, 6.07) is 9.85. The Morgan fingerprint density at radius 1 is 1.33 bits per heavy atom. The minimum atomic E-state index is -0.327. The van der Waals surface area contributed by atoms with E-state index in [4.69, 9.17) is 4.74 Å². The number of nitrogens with one attached hydrogen (secondary N) is 2. The molecule has 0 aliphatic carbocycles. The van der Waals surface area contributed by atoms with Gasteiger partial charge in [-0.2, -0.15) is 0 Å². The lowest BCUT2D eigenvalue weighted by Crippen LogP contribution is -2.28. The van der Waals surface area contributed by atoms with E-state index in [1.54, 1.807) is 19.2 Å². The van der Waals surface area contributed by atoms with E-state index >= 15 is 0 Å². The van der Waals surface area contributed by atoms with Crippen molar-refractivity contribution in [2.24, 2.45) is 0 Å². The zero-order valence-corrected chi connectivity index (χ0v) is 13.2. The largest absolute Gasteiger partial charge is 0.496 e. The maximum absolute atomic E-state index is 12.1. The second kappa shape index (κ2) is 6.58. The third-order valence-electron chi connectivity index (χ3n) is 3.04. The summed E-state index contributed by atoms with van der Waals surface area (Å²) in [5, 5.41) is 2.83. The minimum absolute atomic E-state index is 0.205. The highest BCUT2D eigenvalue weighted by Crippen LogP contribution is 2.27. The number of amides is 1. The molecule has 5 nitrogen and oxygen atoms in total. The monoisotopic (exact) mass is 350 g/mol. The van der Waals surface area contributed by atoms with E-state index in [-0.39, 0.29) is 23.2 Å². The smallest absolute Gasteiger partial charge is 0.268 e. The highest BCUT2D eigenvalue weighted by molar-refractivity contribution is 9.10. The van der Waals surface area contributed by atoms with Crippen LogP contribution in [0.5, 0.6) is 5.75 Å². The average molecular weight is 351 g/mol. The lowest BCUT2D eigenvalue weighted by molar-refractivity contribution is 0.0934. The van der Waals surface area contributed by atoms with Crippen LogP contribution >= 0.6 is 15.9 Å². The fraction of sp³-hybridized carbons (Fsp3) is 0.200. The maximum atomic E-state index is 12.1. The average Bonchev–Trinajstić information content (AvgIpc) is 2.47. The molecule has 2 N–H and O–H groups in total. The van der Waals surface area contributed by atoms with Gasteiger partial charge in [0.15, 0.2) is 0 Å². The predicted octanol–water partition coefficient (Wildman–Crippen LogP) is 2.64. The van der Waals surface area contributed by atoms with Crippen molar-refractivity contribution in [2.75, 3.05) is 7.11 Å². The number of hydrogen-bond acceptors (Lipinski definition) is 3. The lowest BCUT2D eigenvalue weighted by atomic mass is 10.1. The molecule has 1 heterocycles. The SMILES string of the molecule is COc1ccc(C(C)NC(=O)c2cccc(=O)[nH]2)cc1Br. The molecule has 1 atom stereocenters. The Hall–Kier alpha value is -2.08. The second-order valence-electron chi connectivity index (χ2n) is 4.52. The van der Waals surface area contributed by atoms with Crippen LogP contribution in [0.25, 0.3) is 0 Å². The van der Waals surface area contributed by atoms with Crippen LogP contribution in [0.2, 0.25) is 0 Å². The van der Waals surface area contributed by atoms with Crippen molar-refractivity contribution in [1.82, 2.24) is 10.3 Å². The highest BCUT2D eigenvalue weighted by atomic mass is 79.9. The van der Waals surface area contributed by atoms with Crippen LogP contribution in [-0.2, 0) is 0 Å². The minimum Gasteiger partial charge on any atom is -0.496 e. The molecule has 1 amide bonds. The Bertz CT molecular complexity index is 712. The van der Waals surface area contributed by atoms with E-state index in [0.717, 1.165) is 15.8 Å². The fourth-order valence-electron chi connectivity index (χ4n) is 1.89. The summed E-state index contributed by atoms with van der Waals surface area (Å²) in [7, 11) is 1.59. The number of methoxy groups -OCH3 is 1. The van der Waals surface area contributed by atoms with Crippen LogP contribution in [0, 0.1) is 0 Å². The van der Waals surface area contributed by atoms with Crippen LogP contribution in [0.4, 0.5) is 0 Å². The molecule has 21 heavy (non-hydrogen) atoms. The van der Waals surface area contributed by atoms with Gasteiger partial charge in [-0.05, 0) is 46.6 Å². The molecule has 0 bridgehead atoms. The number of pyridine rings is 1. The molecule has 110 valence electrons. The van der Waals surface area contributed by atoms with Crippen molar-refractivity contribution in [2.45, 2.75) is 13.0 Å². The molecule has 0 saturated carbocycles. The van der Waals surface area contributed by atoms with Crippen molar-refractivity contribution in [3.05, 3.63) is 62.5 Å². The summed E-state index contributed by atoms with van der Waals surface area (Å²) in [6.45, 7) is 1.87. The highest BCUT2D eigenvalue weighted by Gasteiger charge is 2.13. The van der Waals surface area contributed by atoms with Crippen LogP contribution < -0.4 is 15.6 Å². The van der Waals surface area contributed by atoms with Gasteiger partial charge in [0.1, 0.15) is 11.4 Å². The summed E-state index contributed by atoms with van der Waals surface area (Å²) >= 11 is 3.41. The number of rotatable bonds is 4. The van der Waals surface area contributed by atoms with Crippen LogP contribution in [0.1, 0.15) is 29.0 Å².